The minimum Gasteiger partial charge on any atom is -0.495 e. The highest BCUT2D eigenvalue weighted by Gasteiger charge is 2.29. The first-order chi connectivity index (χ1) is 12.0. The second-order valence-corrected chi connectivity index (χ2v) is 8.72. The van der Waals surface area contributed by atoms with E-state index in [1.807, 2.05) is 32.9 Å². The SMILES string of the molecule is COc1cc2nc(C(CC(C)C)N(C)C(=O)OC(C)(C)C)[nH]c2cc1Br. The second-order valence-electron chi connectivity index (χ2n) is 7.86. The van der Waals surface area contributed by atoms with Crippen LogP contribution < -0.4 is 4.74 Å². The standard InChI is InChI=1S/C19H28BrN3O3/c1-11(2)8-15(23(6)18(24)26-19(3,4)5)17-21-13-9-12(20)16(25-7)10-14(13)22-17/h9-11,15H,8H2,1-7H3,(H,21,22). The lowest BCUT2D eigenvalue weighted by atomic mass is 10.0. The van der Waals surface area contributed by atoms with Crippen LogP contribution in [-0.4, -0.2) is 40.7 Å². The number of benzene rings is 1. The average molecular weight is 426 g/mol. The number of nitrogens with zero attached hydrogens (tertiary/aromatic N) is 2. The Morgan fingerprint density at radius 1 is 1.35 bits per heavy atom. The minimum absolute atomic E-state index is 0.206. The van der Waals surface area contributed by atoms with E-state index < -0.39 is 5.60 Å². The number of fused-ring (bicyclic) bond motifs is 1. The molecule has 0 aliphatic carbocycles. The molecule has 0 radical (unpaired) electrons. The largest absolute Gasteiger partial charge is 0.495 e. The monoisotopic (exact) mass is 425 g/mol. The molecule has 1 unspecified atom stereocenters. The predicted molar refractivity (Wildman–Crippen MR) is 107 cm³/mol. The minimum atomic E-state index is -0.542. The fourth-order valence-electron chi connectivity index (χ4n) is 2.71. The Labute approximate surface area is 163 Å². The van der Waals surface area contributed by atoms with Gasteiger partial charge in [-0.25, -0.2) is 9.78 Å². The number of methoxy groups -OCH3 is 1. The molecule has 1 aromatic carbocycles. The van der Waals surface area contributed by atoms with Gasteiger partial charge in [0.05, 0.1) is 28.7 Å². The van der Waals surface area contributed by atoms with E-state index in [1.165, 1.54) is 0 Å². The molecular formula is C19H28BrN3O3. The van der Waals surface area contributed by atoms with Crippen molar-refractivity contribution in [2.45, 2.75) is 52.7 Å². The van der Waals surface area contributed by atoms with Gasteiger partial charge in [-0.15, -0.1) is 0 Å². The van der Waals surface area contributed by atoms with Crippen LogP contribution in [0.3, 0.4) is 0 Å². The summed E-state index contributed by atoms with van der Waals surface area (Å²) in [5, 5.41) is 0. The van der Waals surface area contributed by atoms with E-state index in [-0.39, 0.29) is 12.1 Å². The van der Waals surface area contributed by atoms with Crippen molar-refractivity contribution in [3.63, 3.8) is 0 Å². The Morgan fingerprint density at radius 3 is 2.54 bits per heavy atom. The molecule has 0 aliphatic heterocycles. The zero-order chi connectivity index (χ0) is 19.6. The number of halogens is 1. The van der Waals surface area contributed by atoms with Gasteiger partial charge in [-0.3, -0.25) is 0 Å². The lowest BCUT2D eigenvalue weighted by Crippen LogP contribution is -2.37. The van der Waals surface area contributed by atoms with Crippen LogP contribution >= 0.6 is 15.9 Å². The number of amides is 1. The fraction of sp³-hybridized carbons (Fsp3) is 0.579. The Hall–Kier alpha value is -1.76. The van der Waals surface area contributed by atoms with Crippen LogP contribution in [0.15, 0.2) is 16.6 Å². The van der Waals surface area contributed by atoms with Gasteiger partial charge in [0.1, 0.15) is 17.2 Å². The van der Waals surface area contributed by atoms with Crippen LogP contribution in [0.1, 0.15) is 52.9 Å². The van der Waals surface area contributed by atoms with E-state index in [2.05, 4.69) is 34.8 Å². The van der Waals surface area contributed by atoms with E-state index >= 15 is 0 Å². The number of H-pyrrole nitrogens is 1. The number of rotatable bonds is 5. The van der Waals surface area contributed by atoms with Crippen molar-refractivity contribution in [1.29, 1.82) is 0 Å². The Bertz CT molecular complexity index is 780. The molecule has 2 aromatic rings. The lowest BCUT2D eigenvalue weighted by molar-refractivity contribution is 0.0194. The lowest BCUT2D eigenvalue weighted by Gasteiger charge is -2.30. The molecule has 0 saturated carbocycles. The third-order valence-corrected chi connectivity index (χ3v) is 4.55. The maximum Gasteiger partial charge on any atom is 0.410 e. The van der Waals surface area contributed by atoms with Gasteiger partial charge in [-0.1, -0.05) is 13.8 Å². The van der Waals surface area contributed by atoms with Crippen LogP contribution in [-0.2, 0) is 4.74 Å². The summed E-state index contributed by atoms with van der Waals surface area (Å²) >= 11 is 3.49. The number of carbonyl (C=O) groups excluding carboxylic acids is 1. The van der Waals surface area contributed by atoms with Crippen molar-refractivity contribution in [2.24, 2.45) is 5.92 Å². The van der Waals surface area contributed by atoms with Crippen molar-refractivity contribution in [3.8, 4) is 5.75 Å². The van der Waals surface area contributed by atoms with Crippen molar-refractivity contribution in [2.75, 3.05) is 14.2 Å². The highest BCUT2D eigenvalue weighted by Crippen LogP contribution is 2.32. The first kappa shape index (κ1) is 20.6. The van der Waals surface area contributed by atoms with Crippen molar-refractivity contribution in [3.05, 3.63) is 22.4 Å². The summed E-state index contributed by atoms with van der Waals surface area (Å²) in [4.78, 5) is 22.2. The van der Waals surface area contributed by atoms with E-state index in [0.29, 0.717) is 5.92 Å². The molecule has 1 N–H and O–H groups in total. The molecule has 2 rings (SSSR count). The highest BCUT2D eigenvalue weighted by molar-refractivity contribution is 9.10. The Balaban J connectivity index is 2.40. The summed E-state index contributed by atoms with van der Waals surface area (Å²) < 4.78 is 11.7. The van der Waals surface area contributed by atoms with E-state index in [9.17, 15) is 4.79 Å². The molecule has 7 heteroatoms. The molecule has 1 heterocycles. The number of carbonyl (C=O) groups is 1. The van der Waals surface area contributed by atoms with Gasteiger partial charge in [0.15, 0.2) is 0 Å². The second kappa shape index (κ2) is 7.86. The van der Waals surface area contributed by atoms with Crippen LogP contribution in [0.5, 0.6) is 5.75 Å². The number of ether oxygens (including phenoxy) is 2. The maximum atomic E-state index is 12.6. The number of aromatic amines is 1. The molecule has 0 saturated heterocycles. The van der Waals surface area contributed by atoms with Gasteiger partial charge in [0.2, 0.25) is 0 Å². The summed E-state index contributed by atoms with van der Waals surface area (Å²) in [7, 11) is 3.38. The van der Waals surface area contributed by atoms with Gasteiger partial charge < -0.3 is 19.4 Å². The van der Waals surface area contributed by atoms with Crippen LogP contribution in [0, 0.1) is 5.92 Å². The van der Waals surface area contributed by atoms with Crippen molar-refractivity contribution < 1.29 is 14.3 Å². The normalized spacial score (nSPS) is 13.1. The van der Waals surface area contributed by atoms with Gasteiger partial charge >= 0.3 is 6.09 Å². The zero-order valence-corrected chi connectivity index (χ0v) is 18.1. The van der Waals surface area contributed by atoms with Gasteiger partial charge in [-0.2, -0.15) is 0 Å². The number of nitrogens with one attached hydrogen (secondary N) is 1. The summed E-state index contributed by atoms with van der Waals surface area (Å²) in [5.74, 6) is 1.85. The van der Waals surface area contributed by atoms with Gasteiger partial charge in [0.25, 0.3) is 0 Å². The molecule has 1 atom stereocenters. The number of imidazole rings is 1. The van der Waals surface area contributed by atoms with Crippen LogP contribution in [0.2, 0.25) is 0 Å². The quantitative estimate of drug-likeness (QED) is 0.706. The number of hydrogen-bond acceptors (Lipinski definition) is 4. The average Bonchev–Trinajstić information content (AvgIpc) is 2.91. The fourth-order valence-corrected chi connectivity index (χ4v) is 3.21. The van der Waals surface area contributed by atoms with E-state index in [0.717, 1.165) is 33.5 Å². The van der Waals surface area contributed by atoms with Gasteiger partial charge in [-0.05, 0) is 55.1 Å². The first-order valence-corrected chi connectivity index (χ1v) is 9.50. The summed E-state index contributed by atoms with van der Waals surface area (Å²) in [6, 6.07) is 3.60. The van der Waals surface area contributed by atoms with Gasteiger partial charge in [0, 0.05) is 13.1 Å². The van der Waals surface area contributed by atoms with E-state index in [1.54, 1.807) is 19.1 Å². The van der Waals surface area contributed by atoms with Crippen molar-refractivity contribution >= 4 is 33.1 Å². The molecule has 1 amide bonds. The maximum absolute atomic E-state index is 12.6. The summed E-state index contributed by atoms with van der Waals surface area (Å²) in [5.41, 5.74) is 1.14. The zero-order valence-electron chi connectivity index (χ0n) is 16.5. The molecule has 144 valence electrons. The third kappa shape index (κ3) is 4.90. The first-order valence-electron chi connectivity index (χ1n) is 8.70. The Kier molecular flexibility index (Phi) is 6.21. The topological polar surface area (TPSA) is 67.4 Å². The van der Waals surface area contributed by atoms with Crippen LogP contribution in [0.25, 0.3) is 11.0 Å². The van der Waals surface area contributed by atoms with Crippen LogP contribution in [0.4, 0.5) is 4.79 Å². The summed E-state index contributed by atoms with van der Waals surface area (Å²) in [6.07, 6.45) is 0.413. The molecule has 1 aromatic heterocycles. The summed E-state index contributed by atoms with van der Waals surface area (Å²) in [6.45, 7) is 9.83. The molecule has 0 fully saturated rings. The predicted octanol–water partition coefficient (Wildman–Crippen LogP) is 5.29. The molecular weight excluding hydrogens is 398 g/mol. The molecule has 6 nitrogen and oxygen atoms in total. The molecule has 0 bridgehead atoms. The highest BCUT2D eigenvalue weighted by atomic mass is 79.9. The smallest absolute Gasteiger partial charge is 0.410 e. The molecule has 0 spiro atoms. The van der Waals surface area contributed by atoms with E-state index in [4.69, 9.17) is 14.5 Å². The van der Waals surface area contributed by atoms with Crippen molar-refractivity contribution in [1.82, 2.24) is 14.9 Å². The number of aromatic nitrogens is 2. The molecule has 26 heavy (non-hydrogen) atoms. The molecule has 0 aliphatic rings. The number of hydrogen-bond donors (Lipinski definition) is 1. The third-order valence-electron chi connectivity index (χ3n) is 3.93. The Morgan fingerprint density at radius 2 is 2.00 bits per heavy atom.